The summed E-state index contributed by atoms with van der Waals surface area (Å²) in [5.41, 5.74) is 2.42. The molecule has 0 radical (unpaired) electrons. The summed E-state index contributed by atoms with van der Waals surface area (Å²) in [6, 6.07) is 24.6. The predicted octanol–water partition coefficient (Wildman–Crippen LogP) is 5.28. The fraction of sp³-hybridized carbons (Fsp3) is 0.120. The summed E-state index contributed by atoms with van der Waals surface area (Å²) in [5.74, 6) is 2.00. The van der Waals surface area contributed by atoms with Gasteiger partial charge in [0.1, 0.15) is 17.2 Å². The molecule has 1 atom stereocenters. The number of aromatic nitrogens is 1. The van der Waals surface area contributed by atoms with Crippen LogP contribution in [-0.4, -0.2) is 17.5 Å². The molecule has 5 rings (SSSR count). The Kier molecular flexibility index (Phi) is 4.77. The van der Waals surface area contributed by atoms with E-state index in [2.05, 4.69) is 10.3 Å². The number of rotatable bonds is 4. The second-order valence-corrected chi connectivity index (χ2v) is 7.16. The van der Waals surface area contributed by atoms with Gasteiger partial charge in [-0.15, -0.1) is 0 Å². The molecule has 30 heavy (non-hydrogen) atoms. The number of hydrogen-bond acceptors (Lipinski definition) is 4. The van der Waals surface area contributed by atoms with E-state index in [-0.39, 0.29) is 11.9 Å². The lowest BCUT2D eigenvalue weighted by Crippen LogP contribution is -2.32. The summed E-state index contributed by atoms with van der Waals surface area (Å²) in [4.78, 5) is 17.3. The number of ether oxygens (including phenoxy) is 2. The summed E-state index contributed by atoms with van der Waals surface area (Å²) >= 11 is 0. The average Bonchev–Trinajstić information content (AvgIpc) is 2.80. The van der Waals surface area contributed by atoms with E-state index < -0.39 is 0 Å². The molecular weight excluding hydrogens is 376 g/mol. The Balaban J connectivity index is 1.37. The molecule has 0 spiro atoms. The van der Waals surface area contributed by atoms with Crippen LogP contribution in [0.5, 0.6) is 17.2 Å². The SMILES string of the molecule is O=C(NC1CCOc2ccccc21)c1cccc(Oc2ccnc3ccccc23)c1. The van der Waals surface area contributed by atoms with E-state index in [9.17, 15) is 4.79 Å². The van der Waals surface area contributed by atoms with Gasteiger partial charge in [0.05, 0.1) is 18.2 Å². The van der Waals surface area contributed by atoms with Gasteiger partial charge in [0, 0.05) is 29.1 Å². The highest BCUT2D eigenvalue weighted by Crippen LogP contribution is 2.32. The van der Waals surface area contributed by atoms with Crippen molar-refractivity contribution in [3.63, 3.8) is 0 Å². The first-order valence-corrected chi connectivity index (χ1v) is 9.92. The van der Waals surface area contributed by atoms with Crippen LogP contribution in [0.3, 0.4) is 0 Å². The molecule has 1 aliphatic heterocycles. The maximum Gasteiger partial charge on any atom is 0.251 e. The zero-order valence-corrected chi connectivity index (χ0v) is 16.2. The van der Waals surface area contributed by atoms with E-state index in [4.69, 9.17) is 9.47 Å². The Morgan fingerprint density at radius 1 is 1.00 bits per heavy atom. The minimum absolute atomic E-state index is 0.0730. The Labute approximate surface area is 174 Å². The molecule has 1 unspecified atom stereocenters. The van der Waals surface area contributed by atoms with Crippen molar-refractivity contribution < 1.29 is 14.3 Å². The van der Waals surface area contributed by atoms with Crippen LogP contribution in [0.25, 0.3) is 10.9 Å². The van der Waals surface area contributed by atoms with Gasteiger partial charge < -0.3 is 14.8 Å². The Morgan fingerprint density at radius 2 is 1.87 bits per heavy atom. The molecule has 1 N–H and O–H groups in total. The zero-order chi connectivity index (χ0) is 20.3. The standard InChI is InChI=1S/C25H20N2O3/c28-25(27-22-13-15-29-23-11-4-2-9-20(22)23)17-6-5-7-18(16-17)30-24-12-14-26-21-10-3-1-8-19(21)24/h1-12,14,16,22H,13,15H2,(H,27,28). The van der Waals surface area contributed by atoms with Crippen molar-refractivity contribution in [3.05, 3.63) is 96.2 Å². The summed E-state index contributed by atoms with van der Waals surface area (Å²) in [7, 11) is 0. The number of hydrogen-bond donors (Lipinski definition) is 1. The number of benzene rings is 3. The van der Waals surface area contributed by atoms with Crippen molar-refractivity contribution in [1.82, 2.24) is 10.3 Å². The first kappa shape index (κ1) is 18.2. The van der Waals surface area contributed by atoms with Crippen LogP contribution in [0.15, 0.2) is 85.1 Å². The minimum Gasteiger partial charge on any atom is -0.493 e. The van der Waals surface area contributed by atoms with Gasteiger partial charge >= 0.3 is 0 Å². The number of carbonyl (C=O) groups is 1. The Morgan fingerprint density at radius 3 is 2.83 bits per heavy atom. The van der Waals surface area contributed by atoms with Crippen LogP contribution in [0.1, 0.15) is 28.4 Å². The van der Waals surface area contributed by atoms with Crippen LogP contribution in [0.4, 0.5) is 0 Å². The molecule has 5 heteroatoms. The van der Waals surface area contributed by atoms with Crippen LogP contribution < -0.4 is 14.8 Å². The van der Waals surface area contributed by atoms with E-state index in [1.165, 1.54) is 0 Å². The van der Waals surface area contributed by atoms with Crippen LogP contribution in [0.2, 0.25) is 0 Å². The molecule has 0 bridgehead atoms. The molecule has 1 aliphatic rings. The molecule has 2 heterocycles. The highest BCUT2D eigenvalue weighted by atomic mass is 16.5. The fourth-order valence-electron chi connectivity index (χ4n) is 3.72. The monoisotopic (exact) mass is 396 g/mol. The number of para-hydroxylation sites is 2. The summed E-state index contributed by atoms with van der Waals surface area (Å²) in [6.07, 6.45) is 2.46. The highest BCUT2D eigenvalue weighted by molar-refractivity contribution is 5.95. The predicted molar refractivity (Wildman–Crippen MR) is 115 cm³/mol. The maximum absolute atomic E-state index is 12.9. The Hall–Kier alpha value is -3.86. The van der Waals surface area contributed by atoms with Crippen LogP contribution in [0, 0.1) is 0 Å². The third kappa shape index (κ3) is 3.57. The zero-order valence-electron chi connectivity index (χ0n) is 16.2. The molecule has 148 valence electrons. The average molecular weight is 396 g/mol. The summed E-state index contributed by atoms with van der Waals surface area (Å²) in [6.45, 7) is 0.584. The van der Waals surface area contributed by atoms with Crippen LogP contribution in [-0.2, 0) is 0 Å². The third-order valence-corrected chi connectivity index (χ3v) is 5.20. The molecule has 0 fully saturated rings. The van der Waals surface area contributed by atoms with Gasteiger partial charge in [-0.1, -0.05) is 36.4 Å². The summed E-state index contributed by atoms with van der Waals surface area (Å²) < 4.78 is 11.8. The number of nitrogens with zero attached hydrogens (tertiary/aromatic N) is 1. The lowest BCUT2D eigenvalue weighted by Gasteiger charge is -2.26. The number of carbonyl (C=O) groups excluding carboxylic acids is 1. The van der Waals surface area contributed by atoms with E-state index in [1.54, 1.807) is 18.3 Å². The third-order valence-electron chi connectivity index (χ3n) is 5.20. The van der Waals surface area contributed by atoms with Gasteiger partial charge in [0.25, 0.3) is 5.91 Å². The Bertz CT molecular complexity index is 1220. The van der Waals surface area contributed by atoms with Gasteiger partial charge in [-0.3, -0.25) is 9.78 Å². The van der Waals surface area contributed by atoms with E-state index in [1.807, 2.05) is 66.7 Å². The van der Waals surface area contributed by atoms with Crippen molar-refractivity contribution in [1.29, 1.82) is 0 Å². The quantitative estimate of drug-likeness (QED) is 0.510. The maximum atomic E-state index is 12.9. The first-order valence-electron chi connectivity index (χ1n) is 9.92. The number of pyridine rings is 1. The molecule has 0 aliphatic carbocycles. The second kappa shape index (κ2) is 7.87. The first-order chi connectivity index (χ1) is 14.8. The normalized spacial score (nSPS) is 15.1. The molecular formula is C25H20N2O3. The molecule has 0 saturated carbocycles. The highest BCUT2D eigenvalue weighted by Gasteiger charge is 2.23. The second-order valence-electron chi connectivity index (χ2n) is 7.16. The molecule has 5 nitrogen and oxygen atoms in total. The van der Waals surface area contributed by atoms with E-state index >= 15 is 0 Å². The number of amides is 1. The fourth-order valence-corrected chi connectivity index (χ4v) is 3.72. The van der Waals surface area contributed by atoms with Crippen molar-refractivity contribution in [2.24, 2.45) is 0 Å². The van der Waals surface area contributed by atoms with Gasteiger partial charge in [0.15, 0.2) is 0 Å². The minimum atomic E-state index is -0.137. The van der Waals surface area contributed by atoms with E-state index in [0.29, 0.717) is 23.7 Å². The van der Waals surface area contributed by atoms with Crippen LogP contribution >= 0.6 is 0 Å². The van der Waals surface area contributed by atoms with Gasteiger partial charge in [-0.05, 0) is 42.5 Å². The molecule has 1 amide bonds. The van der Waals surface area contributed by atoms with Crippen molar-refractivity contribution in [3.8, 4) is 17.2 Å². The molecule has 3 aromatic carbocycles. The number of fused-ring (bicyclic) bond motifs is 2. The van der Waals surface area contributed by atoms with Gasteiger partial charge in [0.2, 0.25) is 0 Å². The summed E-state index contributed by atoms with van der Waals surface area (Å²) in [5, 5.41) is 4.05. The molecule has 0 saturated heterocycles. The molecule has 1 aromatic heterocycles. The topological polar surface area (TPSA) is 60.5 Å². The lowest BCUT2D eigenvalue weighted by atomic mass is 10.00. The largest absolute Gasteiger partial charge is 0.493 e. The number of nitrogens with one attached hydrogen (secondary N) is 1. The van der Waals surface area contributed by atoms with E-state index in [0.717, 1.165) is 28.6 Å². The van der Waals surface area contributed by atoms with Gasteiger partial charge in [-0.25, -0.2) is 0 Å². The van der Waals surface area contributed by atoms with Crippen molar-refractivity contribution >= 4 is 16.8 Å². The van der Waals surface area contributed by atoms with Crippen molar-refractivity contribution in [2.45, 2.75) is 12.5 Å². The van der Waals surface area contributed by atoms with Crippen molar-refractivity contribution in [2.75, 3.05) is 6.61 Å². The molecule has 4 aromatic rings. The lowest BCUT2D eigenvalue weighted by molar-refractivity contribution is 0.0924. The smallest absolute Gasteiger partial charge is 0.251 e. The van der Waals surface area contributed by atoms with Gasteiger partial charge in [-0.2, -0.15) is 0 Å².